The Morgan fingerprint density at radius 2 is 1.96 bits per heavy atom. The molecule has 3 rings (SSSR count). The molecule has 0 saturated heterocycles. The van der Waals surface area contributed by atoms with Gasteiger partial charge in [0, 0.05) is 44.2 Å². The number of fused-ring (bicyclic) bond motifs is 1. The first kappa shape index (κ1) is 17.3. The quantitative estimate of drug-likeness (QED) is 0.733. The van der Waals surface area contributed by atoms with Crippen LogP contribution in [0.1, 0.15) is 37.0 Å². The van der Waals surface area contributed by atoms with Gasteiger partial charge < -0.3 is 10.2 Å². The number of carbonyl (C=O) groups excluding carboxylic acids is 1. The van der Waals surface area contributed by atoms with Crippen molar-refractivity contribution >= 4 is 33.6 Å². The number of hydrogen-bond donors (Lipinski definition) is 1. The zero-order chi connectivity index (χ0) is 18.0. The molecular weight excluding hydrogens is 336 g/mol. The van der Waals surface area contributed by atoms with Crippen LogP contribution in [0.5, 0.6) is 0 Å². The molecule has 0 spiro atoms. The van der Waals surface area contributed by atoms with Gasteiger partial charge in [-0.15, -0.1) is 10.2 Å². The van der Waals surface area contributed by atoms with Gasteiger partial charge in [0.15, 0.2) is 5.82 Å². The average molecular weight is 358 g/mol. The molecule has 0 saturated carbocycles. The Kier molecular flexibility index (Phi) is 4.98. The van der Waals surface area contributed by atoms with Crippen LogP contribution in [0.3, 0.4) is 0 Å². The molecule has 7 nitrogen and oxygen atoms in total. The van der Waals surface area contributed by atoms with E-state index in [-0.39, 0.29) is 11.8 Å². The van der Waals surface area contributed by atoms with E-state index in [1.54, 1.807) is 4.52 Å². The molecule has 8 heteroatoms. The topological polar surface area (TPSA) is 75.4 Å². The van der Waals surface area contributed by atoms with E-state index in [9.17, 15) is 4.79 Å². The Balaban J connectivity index is 1.58. The number of aryl methyl sites for hydroxylation is 1. The molecule has 0 aliphatic carbocycles. The van der Waals surface area contributed by atoms with Gasteiger partial charge in [0.1, 0.15) is 5.01 Å². The summed E-state index contributed by atoms with van der Waals surface area (Å²) in [5.41, 5.74) is 1.90. The molecule has 0 unspecified atom stereocenters. The van der Waals surface area contributed by atoms with E-state index in [4.69, 9.17) is 0 Å². The third-order valence-corrected chi connectivity index (χ3v) is 4.77. The Morgan fingerprint density at radius 1 is 1.24 bits per heavy atom. The zero-order valence-corrected chi connectivity index (χ0v) is 15.7. The maximum Gasteiger partial charge on any atom is 0.234 e. The van der Waals surface area contributed by atoms with Crippen LogP contribution in [-0.4, -0.2) is 39.8 Å². The van der Waals surface area contributed by atoms with Gasteiger partial charge in [-0.05, 0) is 24.3 Å². The van der Waals surface area contributed by atoms with Gasteiger partial charge in [-0.2, -0.15) is 9.61 Å². The Bertz CT molecular complexity index is 865. The number of nitrogens with one attached hydrogen (secondary N) is 1. The third kappa shape index (κ3) is 3.96. The second kappa shape index (κ2) is 7.18. The lowest BCUT2D eigenvalue weighted by Gasteiger charge is -2.12. The Hall–Kier alpha value is -2.48. The van der Waals surface area contributed by atoms with Crippen LogP contribution in [0, 0.1) is 0 Å². The largest absolute Gasteiger partial charge is 0.378 e. The normalized spacial score (nSPS) is 11.2. The van der Waals surface area contributed by atoms with Crippen LogP contribution in [0.4, 0.5) is 11.4 Å². The highest BCUT2D eigenvalue weighted by Gasteiger charge is 2.14. The van der Waals surface area contributed by atoms with Gasteiger partial charge in [-0.1, -0.05) is 25.2 Å². The summed E-state index contributed by atoms with van der Waals surface area (Å²) in [5.74, 6) is 1.09. The SMILES string of the molecule is CC(C)c1nnc2sc(CCC(=O)Nc3ccc(N(C)C)cc3)nn12. The van der Waals surface area contributed by atoms with Crippen LogP contribution < -0.4 is 10.2 Å². The van der Waals surface area contributed by atoms with Gasteiger partial charge in [-0.3, -0.25) is 4.79 Å². The van der Waals surface area contributed by atoms with Crippen molar-refractivity contribution in [2.45, 2.75) is 32.6 Å². The molecular formula is C17H22N6OS. The lowest BCUT2D eigenvalue weighted by molar-refractivity contribution is -0.116. The summed E-state index contributed by atoms with van der Waals surface area (Å²) in [6, 6.07) is 7.77. The minimum absolute atomic E-state index is 0.0207. The first-order valence-corrected chi connectivity index (χ1v) is 9.04. The summed E-state index contributed by atoms with van der Waals surface area (Å²) >= 11 is 1.48. The average Bonchev–Trinajstić information content (AvgIpc) is 3.13. The number of anilines is 2. The second-order valence-electron chi connectivity index (χ2n) is 6.39. The monoisotopic (exact) mass is 358 g/mol. The predicted octanol–water partition coefficient (Wildman–Crippen LogP) is 2.95. The molecule has 0 aliphatic heterocycles. The molecule has 3 aromatic rings. The fraction of sp³-hybridized carbons (Fsp3) is 0.412. The van der Waals surface area contributed by atoms with Gasteiger partial charge in [0.2, 0.25) is 10.9 Å². The maximum atomic E-state index is 12.2. The Morgan fingerprint density at radius 3 is 2.60 bits per heavy atom. The van der Waals surface area contributed by atoms with Crippen molar-refractivity contribution in [1.29, 1.82) is 0 Å². The van der Waals surface area contributed by atoms with E-state index in [1.807, 2.05) is 43.3 Å². The molecule has 132 valence electrons. The van der Waals surface area contributed by atoms with Crippen LogP contribution >= 0.6 is 11.3 Å². The third-order valence-electron chi connectivity index (χ3n) is 3.81. The fourth-order valence-electron chi connectivity index (χ4n) is 2.42. The molecule has 0 atom stereocenters. The van der Waals surface area contributed by atoms with Crippen molar-refractivity contribution in [3.8, 4) is 0 Å². The lowest BCUT2D eigenvalue weighted by Crippen LogP contribution is -2.13. The van der Waals surface area contributed by atoms with E-state index in [2.05, 4.69) is 34.5 Å². The number of nitrogens with zero attached hydrogens (tertiary/aromatic N) is 5. The van der Waals surface area contributed by atoms with Crippen molar-refractivity contribution in [2.75, 3.05) is 24.3 Å². The fourth-order valence-corrected chi connectivity index (χ4v) is 3.26. The summed E-state index contributed by atoms with van der Waals surface area (Å²) < 4.78 is 1.78. The summed E-state index contributed by atoms with van der Waals surface area (Å²) in [5, 5.41) is 16.6. The van der Waals surface area contributed by atoms with E-state index < -0.39 is 0 Å². The molecule has 2 heterocycles. The second-order valence-corrected chi connectivity index (χ2v) is 7.43. The number of hydrogen-bond acceptors (Lipinski definition) is 6. The summed E-state index contributed by atoms with van der Waals surface area (Å²) in [4.78, 5) is 14.9. The van der Waals surface area contributed by atoms with Crippen LogP contribution in [0.15, 0.2) is 24.3 Å². The van der Waals surface area contributed by atoms with E-state index in [1.165, 1.54) is 11.3 Å². The number of carbonyl (C=O) groups is 1. The molecule has 1 aromatic carbocycles. The highest BCUT2D eigenvalue weighted by molar-refractivity contribution is 7.16. The minimum Gasteiger partial charge on any atom is -0.378 e. The zero-order valence-electron chi connectivity index (χ0n) is 14.9. The van der Waals surface area contributed by atoms with Crippen LogP contribution in [0.25, 0.3) is 4.96 Å². The van der Waals surface area contributed by atoms with Gasteiger partial charge >= 0.3 is 0 Å². The minimum atomic E-state index is -0.0207. The van der Waals surface area contributed by atoms with Crippen molar-refractivity contribution < 1.29 is 4.79 Å². The molecule has 2 aromatic heterocycles. The number of rotatable bonds is 6. The molecule has 25 heavy (non-hydrogen) atoms. The van der Waals surface area contributed by atoms with Crippen molar-refractivity contribution in [1.82, 2.24) is 19.8 Å². The summed E-state index contributed by atoms with van der Waals surface area (Å²) in [6.45, 7) is 4.12. The first-order valence-electron chi connectivity index (χ1n) is 8.22. The smallest absolute Gasteiger partial charge is 0.234 e. The summed E-state index contributed by atoms with van der Waals surface area (Å²) in [6.07, 6.45) is 0.976. The van der Waals surface area contributed by atoms with Crippen molar-refractivity contribution in [3.05, 3.63) is 35.1 Å². The molecule has 1 N–H and O–H groups in total. The number of aromatic nitrogens is 4. The van der Waals surface area contributed by atoms with Gasteiger partial charge in [0.05, 0.1) is 0 Å². The highest BCUT2D eigenvalue weighted by atomic mass is 32.1. The predicted molar refractivity (Wildman–Crippen MR) is 100 cm³/mol. The lowest BCUT2D eigenvalue weighted by atomic mass is 10.2. The van der Waals surface area contributed by atoms with E-state index >= 15 is 0 Å². The molecule has 0 fully saturated rings. The molecule has 0 radical (unpaired) electrons. The molecule has 1 amide bonds. The van der Waals surface area contributed by atoms with E-state index in [0.29, 0.717) is 12.8 Å². The van der Waals surface area contributed by atoms with E-state index in [0.717, 1.165) is 27.2 Å². The maximum absolute atomic E-state index is 12.2. The molecule has 0 bridgehead atoms. The van der Waals surface area contributed by atoms with Crippen LogP contribution in [-0.2, 0) is 11.2 Å². The van der Waals surface area contributed by atoms with Gasteiger partial charge in [-0.25, -0.2) is 0 Å². The number of amides is 1. The van der Waals surface area contributed by atoms with Crippen molar-refractivity contribution in [3.63, 3.8) is 0 Å². The van der Waals surface area contributed by atoms with Crippen molar-refractivity contribution in [2.24, 2.45) is 0 Å². The molecule has 0 aliphatic rings. The first-order chi connectivity index (χ1) is 11.9. The van der Waals surface area contributed by atoms with Crippen LogP contribution in [0.2, 0.25) is 0 Å². The standard InChI is InChI=1S/C17H22N6OS/c1-11(2)16-19-20-17-23(16)21-15(25-17)10-9-14(24)18-12-5-7-13(8-6-12)22(3)4/h5-8,11H,9-10H2,1-4H3,(H,18,24). The Labute approximate surface area is 150 Å². The highest BCUT2D eigenvalue weighted by Crippen LogP contribution is 2.20. The summed E-state index contributed by atoms with van der Waals surface area (Å²) in [7, 11) is 3.97. The van der Waals surface area contributed by atoms with Gasteiger partial charge in [0.25, 0.3) is 0 Å². The number of benzene rings is 1.